The van der Waals surface area contributed by atoms with E-state index in [-0.39, 0.29) is 11.4 Å². The van der Waals surface area contributed by atoms with Gasteiger partial charge in [-0.3, -0.25) is 9.98 Å². The lowest BCUT2D eigenvalue weighted by Crippen LogP contribution is -2.23. The van der Waals surface area contributed by atoms with Gasteiger partial charge in [-0.15, -0.1) is 0 Å². The molecule has 0 unspecified atom stereocenters. The lowest BCUT2D eigenvalue weighted by molar-refractivity contribution is -0.140. The standard InChI is InChI=1S/C24H19ClF3N7/c1-33-13-19(24(26,27)28)31-21(33)15-9-7-14(8-10-15)12-35-22-18(34(2)23(35)29)11-30-20(32-22)16-5-3-4-6-17(16)25/h3-11,13,29H,12H2,1-2H3. The molecule has 3 aromatic heterocycles. The molecule has 0 atom stereocenters. The van der Waals surface area contributed by atoms with Gasteiger partial charge in [0.1, 0.15) is 11.3 Å². The van der Waals surface area contributed by atoms with E-state index in [1.165, 1.54) is 11.6 Å². The van der Waals surface area contributed by atoms with Crippen molar-refractivity contribution >= 4 is 22.8 Å². The number of rotatable bonds is 4. The fraction of sp³-hybridized carbons (Fsp3) is 0.167. The van der Waals surface area contributed by atoms with Crippen LogP contribution in [0.5, 0.6) is 0 Å². The smallest absolute Gasteiger partial charge is 0.333 e. The molecular weight excluding hydrogens is 479 g/mol. The van der Waals surface area contributed by atoms with Gasteiger partial charge < -0.3 is 9.13 Å². The maximum Gasteiger partial charge on any atom is 0.434 e. The van der Waals surface area contributed by atoms with Crippen LogP contribution in [-0.4, -0.2) is 28.7 Å². The van der Waals surface area contributed by atoms with E-state index in [9.17, 15) is 13.2 Å². The Hall–Kier alpha value is -3.92. The van der Waals surface area contributed by atoms with Crippen LogP contribution in [0, 0.1) is 5.41 Å². The molecule has 0 amide bonds. The Bertz CT molecular complexity index is 1610. The molecule has 11 heteroatoms. The Kier molecular flexibility index (Phi) is 5.47. The van der Waals surface area contributed by atoms with Crippen molar-refractivity contribution in [3.8, 4) is 22.8 Å². The SMILES string of the molecule is Cn1cc(C(F)(F)F)nc1-c1ccc(Cn2c(=N)n(C)c3cnc(-c4ccccc4Cl)nc32)cc1. The molecule has 178 valence electrons. The largest absolute Gasteiger partial charge is 0.434 e. The fourth-order valence-corrected chi connectivity index (χ4v) is 4.15. The van der Waals surface area contributed by atoms with Crippen LogP contribution in [0.3, 0.4) is 0 Å². The summed E-state index contributed by atoms with van der Waals surface area (Å²) in [6.45, 7) is 0.337. The van der Waals surface area contributed by atoms with Crippen LogP contribution < -0.4 is 5.62 Å². The molecule has 0 aliphatic rings. The first-order chi connectivity index (χ1) is 16.6. The van der Waals surface area contributed by atoms with Crippen molar-refractivity contribution < 1.29 is 13.2 Å². The van der Waals surface area contributed by atoms with Crippen molar-refractivity contribution in [2.24, 2.45) is 14.1 Å². The van der Waals surface area contributed by atoms with Gasteiger partial charge in [-0.05, 0) is 17.7 Å². The minimum absolute atomic E-state index is 0.222. The average molecular weight is 498 g/mol. The van der Waals surface area contributed by atoms with Gasteiger partial charge in [0.05, 0.1) is 17.8 Å². The van der Waals surface area contributed by atoms with Crippen LogP contribution in [0.25, 0.3) is 33.9 Å². The molecule has 0 aliphatic heterocycles. The van der Waals surface area contributed by atoms with Gasteiger partial charge in [-0.25, -0.2) is 15.0 Å². The summed E-state index contributed by atoms with van der Waals surface area (Å²) in [5.74, 6) is 0.674. The fourth-order valence-electron chi connectivity index (χ4n) is 3.93. The topological polar surface area (TPSA) is 77.3 Å². The highest BCUT2D eigenvalue weighted by atomic mass is 35.5. The normalized spacial score (nSPS) is 11.9. The maximum atomic E-state index is 13.0. The monoisotopic (exact) mass is 497 g/mol. The van der Waals surface area contributed by atoms with Crippen molar-refractivity contribution in [1.82, 2.24) is 28.7 Å². The first kappa shape index (κ1) is 22.9. The molecule has 2 aromatic carbocycles. The van der Waals surface area contributed by atoms with Crippen molar-refractivity contribution in [3.05, 3.63) is 82.8 Å². The number of aromatic nitrogens is 6. The molecule has 0 saturated carbocycles. The molecule has 0 aliphatic carbocycles. The van der Waals surface area contributed by atoms with E-state index >= 15 is 0 Å². The number of imidazole rings is 2. The Labute approximate surface area is 202 Å². The lowest BCUT2D eigenvalue weighted by atomic mass is 10.1. The third-order valence-corrected chi connectivity index (χ3v) is 6.10. The quantitative estimate of drug-likeness (QED) is 0.378. The highest BCUT2D eigenvalue weighted by molar-refractivity contribution is 6.33. The predicted molar refractivity (Wildman–Crippen MR) is 126 cm³/mol. The van der Waals surface area contributed by atoms with Gasteiger partial charge in [0.2, 0.25) is 5.62 Å². The summed E-state index contributed by atoms with van der Waals surface area (Å²) in [7, 11) is 3.29. The molecule has 7 nitrogen and oxygen atoms in total. The Morgan fingerprint density at radius 1 is 1.00 bits per heavy atom. The second kappa shape index (κ2) is 8.38. The third-order valence-electron chi connectivity index (χ3n) is 5.77. The summed E-state index contributed by atoms with van der Waals surface area (Å²) >= 11 is 6.32. The Morgan fingerprint density at radius 2 is 1.71 bits per heavy atom. The Balaban J connectivity index is 1.51. The van der Waals surface area contributed by atoms with Gasteiger partial charge in [-0.1, -0.05) is 48.0 Å². The zero-order valence-electron chi connectivity index (χ0n) is 18.7. The highest BCUT2D eigenvalue weighted by Gasteiger charge is 2.34. The molecule has 3 heterocycles. The second-order valence-corrected chi connectivity index (χ2v) is 8.51. The lowest BCUT2D eigenvalue weighted by Gasteiger charge is -2.07. The molecule has 0 radical (unpaired) electrons. The molecule has 0 fully saturated rings. The molecule has 0 spiro atoms. The number of alkyl halides is 3. The number of benzene rings is 2. The van der Waals surface area contributed by atoms with Gasteiger partial charge in [-0.2, -0.15) is 13.2 Å². The van der Waals surface area contributed by atoms with E-state index in [2.05, 4.69) is 9.97 Å². The first-order valence-electron chi connectivity index (χ1n) is 10.5. The minimum Gasteiger partial charge on any atom is -0.333 e. The second-order valence-electron chi connectivity index (χ2n) is 8.11. The van der Waals surface area contributed by atoms with E-state index in [0.717, 1.165) is 11.8 Å². The molecule has 5 aromatic rings. The van der Waals surface area contributed by atoms with Gasteiger partial charge in [0.25, 0.3) is 0 Å². The summed E-state index contributed by atoms with van der Waals surface area (Å²) in [6.07, 6.45) is -1.87. The molecule has 1 N–H and O–H groups in total. The summed E-state index contributed by atoms with van der Waals surface area (Å²) in [5, 5.41) is 9.10. The number of nitrogens with one attached hydrogen (secondary N) is 1. The van der Waals surface area contributed by atoms with Crippen LogP contribution in [0.4, 0.5) is 13.2 Å². The van der Waals surface area contributed by atoms with Crippen LogP contribution in [0.1, 0.15) is 11.3 Å². The van der Waals surface area contributed by atoms with E-state index in [1.54, 1.807) is 52.7 Å². The predicted octanol–water partition coefficient (Wildman–Crippen LogP) is 5.04. The summed E-state index contributed by atoms with van der Waals surface area (Å²) in [6, 6.07) is 14.3. The van der Waals surface area contributed by atoms with E-state index in [0.29, 0.717) is 39.7 Å². The van der Waals surface area contributed by atoms with Crippen LogP contribution >= 0.6 is 11.6 Å². The third kappa shape index (κ3) is 4.10. The molecule has 0 bridgehead atoms. The molecular formula is C24H19ClF3N7. The maximum absolute atomic E-state index is 13.0. The highest BCUT2D eigenvalue weighted by Crippen LogP contribution is 2.31. The number of aryl methyl sites for hydroxylation is 2. The van der Waals surface area contributed by atoms with Crippen LogP contribution in [-0.2, 0) is 26.8 Å². The van der Waals surface area contributed by atoms with E-state index < -0.39 is 11.9 Å². The molecule has 5 rings (SSSR count). The van der Waals surface area contributed by atoms with Crippen LogP contribution in [0.2, 0.25) is 5.02 Å². The number of fused-ring (bicyclic) bond motifs is 1. The van der Waals surface area contributed by atoms with Gasteiger partial charge >= 0.3 is 6.18 Å². The van der Waals surface area contributed by atoms with Crippen molar-refractivity contribution in [2.75, 3.05) is 0 Å². The summed E-state index contributed by atoms with van der Waals surface area (Å²) < 4.78 is 43.8. The van der Waals surface area contributed by atoms with E-state index in [4.69, 9.17) is 22.0 Å². The molecule has 0 saturated heterocycles. The summed E-state index contributed by atoms with van der Waals surface area (Å²) in [5.41, 5.74) is 2.66. The minimum atomic E-state index is -4.50. The first-order valence-corrected chi connectivity index (χ1v) is 10.9. The number of halogens is 4. The number of hydrogen-bond acceptors (Lipinski definition) is 4. The van der Waals surface area contributed by atoms with E-state index in [1.807, 2.05) is 18.2 Å². The zero-order chi connectivity index (χ0) is 24.9. The van der Waals surface area contributed by atoms with Crippen molar-refractivity contribution in [2.45, 2.75) is 12.7 Å². The van der Waals surface area contributed by atoms with Crippen molar-refractivity contribution in [3.63, 3.8) is 0 Å². The number of nitrogens with zero attached hydrogens (tertiary/aromatic N) is 6. The van der Waals surface area contributed by atoms with Crippen LogP contribution in [0.15, 0.2) is 60.9 Å². The van der Waals surface area contributed by atoms with Crippen molar-refractivity contribution in [1.29, 1.82) is 5.41 Å². The summed E-state index contributed by atoms with van der Waals surface area (Å²) in [4.78, 5) is 12.9. The van der Waals surface area contributed by atoms with Gasteiger partial charge in [0, 0.05) is 31.4 Å². The van der Waals surface area contributed by atoms with Gasteiger partial charge in [0.15, 0.2) is 17.2 Å². The number of hydrogen-bond donors (Lipinski definition) is 1. The Morgan fingerprint density at radius 3 is 2.37 bits per heavy atom. The zero-order valence-corrected chi connectivity index (χ0v) is 19.4. The average Bonchev–Trinajstić information content (AvgIpc) is 3.33. The molecule has 35 heavy (non-hydrogen) atoms.